The van der Waals surface area contributed by atoms with Crippen LogP contribution in [0.2, 0.25) is 0 Å². The van der Waals surface area contributed by atoms with Gasteiger partial charge in [-0.1, -0.05) is 25.7 Å². The van der Waals surface area contributed by atoms with Gasteiger partial charge in [0.25, 0.3) is 5.91 Å². The van der Waals surface area contributed by atoms with Crippen LogP contribution in [0.4, 0.5) is 4.79 Å². The van der Waals surface area contributed by atoms with E-state index >= 15 is 0 Å². The Morgan fingerprint density at radius 2 is 1.92 bits per heavy atom. The van der Waals surface area contributed by atoms with Gasteiger partial charge in [0.15, 0.2) is 0 Å². The number of nitrogens with zero attached hydrogens (tertiary/aromatic N) is 2. The Bertz CT molecular complexity index is 629. The van der Waals surface area contributed by atoms with Crippen LogP contribution in [0.5, 0.6) is 5.75 Å². The number of rotatable bonds is 4. The molecule has 1 saturated carbocycles. The number of nitrogens with two attached hydrogens (primary N) is 1. The van der Waals surface area contributed by atoms with E-state index in [-0.39, 0.29) is 17.8 Å². The minimum absolute atomic E-state index is 0.0118. The Morgan fingerprint density at radius 3 is 2.65 bits per heavy atom. The quantitative estimate of drug-likeness (QED) is 0.806. The molecule has 1 atom stereocenters. The van der Waals surface area contributed by atoms with E-state index in [1.54, 1.807) is 12.1 Å². The van der Waals surface area contributed by atoms with E-state index < -0.39 is 5.91 Å². The van der Waals surface area contributed by atoms with Crippen LogP contribution in [0.1, 0.15) is 61.9 Å². The number of carbonyl (C=O) groups is 2. The summed E-state index contributed by atoms with van der Waals surface area (Å²) in [4.78, 5) is 29.6. The summed E-state index contributed by atoms with van der Waals surface area (Å²) in [5, 5.41) is 3.20. The van der Waals surface area contributed by atoms with Crippen molar-refractivity contribution in [2.24, 2.45) is 5.73 Å². The maximum atomic E-state index is 12.6. The third-order valence-electron chi connectivity index (χ3n) is 5.13. The van der Waals surface area contributed by atoms with Crippen molar-refractivity contribution < 1.29 is 14.3 Å². The zero-order chi connectivity index (χ0) is 18.4. The van der Waals surface area contributed by atoms with Crippen molar-refractivity contribution in [3.63, 3.8) is 0 Å². The van der Waals surface area contributed by atoms with Crippen LogP contribution in [0, 0.1) is 0 Å². The first-order chi connectivity index (χ1) is 12.6. The summed E-state index contributed by atoms with van der Waals surface area (Å²) in [6.07, 6.45) is 10.3. The van der Waals surface area contributed by atoms with Crippen LogP contribution in [0.15, 0.2) is 18.3 Å². The molecule has 1 aliphatic heterocycles. The molecule has 3 N–H and O–H groups in total. The SMILES string of the molecule is NC(=O)c1cc(OC2CCCN(C(=O)NC3CCCCCC3)C2)ccn1. The number of piperidine rings is 1. The lowest BCUT2D eigenvalue weighted by atomic mass is 10.1. The molecule has 0 bridgehead atoms. The minimum Gasteiger partial charge on any atom is -0.488 e. The summed E-state index contributed by atoms with van der Waals surface area (Å²) < 4.78 is 5.97. The molecule has 0 aromatic carbocycles. The molecule has 26 heavy (non-hydrogen) atoms. The first-order valence-corrected chi connectivity index (χ1v) is 9.60. The van der Waals surface area contributed by atoms with Gasteiger partial charge >= 0.3 is 6.03 Å². The van der Waals surface area contributed by atoms with Gasteiger partial charge in [-0.15, -0.1) is 0 Å². The van der Waals surface area contributed by atoms with Crippen molar-refractivity contribution in [2.75, 3.05) is 13.1 Å². The van der Waals surface area contributed by atoms with E-state index in [0.717, 1.165) is 32.2 Å². The number of carbonyl (C=O) groups excluding carboxylic acids is 2. The number of hydrogen-bond donors (Lipinski definition) is 2. The van der Waals surface area contributed by atoms with Crippen LogP contribution in [0.3, 0.4) is 0 Å². The first-order valence-electron chi connectivity index (χ1n) is 9.60. The molecule has 1 saturated heterocycles. The zero-order valence-corrected chi connectivity index (χ0v) is 15.2. The highest BCUT2D eigenvalue weighted by Crippen LogP contribution is 2.20. The summed E-state index contributed by atoms with van der Waals surface area (Å²) in [5.41, 5.74) is 5.44. The second-order valence-electron chi connectivity index (χ2n) is 7.21. The average Bonchev–Trinajstić information content (AvgIpc) is 2.91. The highest BCUT2D eigenvalue weighted by atomic mass is 16.5. The maximum Gasteiger partial charge on any atom is 0.317 e. The van der Waals surface area contributed by atoms with Crippen LogP contribution in [0.25, 0.3) is 0 Å². The fraction of sp³-hybridized carbons (Fsp3) is 0.632. The van der Waals surface area contributed by atoms with Gasteiger partial charge in [0.05, 0.1) is 6.54 Å². The third-order valence-corrected chi connectivity index (χ3v) is 5.13. The van der Waals surface area contributed by atoms with Crippen LogP contribution >= 0.6 is 0 Å². The Kier molecular flexibility index (Phi) is 6.30. The smallest absolute Gasteiger partial charge is 0.317 e. The number of primary amides is 1. The molecule has 7 heteroatoms. The first kappa shape index (κ1) is 18.5. The van der Waals surface area contributed by atoms with Crippen LogP contribution < -0.4 is 15.8 Å². The van der Waals surface area contributed by atoms with Gasteiger partial charge in [-0.05, 0) is 31.7 Å². The molecular weight excluding hydrogens is 332 g/mol. The topological polar surface area (TPSA) is 97.6 Å². The minimum atomic E-state index is -0.580. The lowest BCUT2D eigenvalue weighted by molar-refractivity contribution is 0.0976. The van der Waals surface area contributed by atoms with Crippen molar-refractivity contribution in [2.45, 2.75) is 63.5 Å². The van der Waals surface area contributed by atoms with E-state index in [2.05, 4.69) is 10.3 Å². The monoisotopic (exact) mass is 360 g/mol. The molecule has 1 aromatic heterocycles. The molecule has 1 aliphatic carbocycles. The van der Waals surface area contributed by atoms with Gasteiger partial charge in [0, 0.05) is 24.8 Å². The molecule has 2 heterocycles. The van der Waals surface area contributed by atoms with E-state index in [0.29, 0.717) is 18.3 Å². The maximum absolute atomic E-state index is 12.6. The molecule has 0 spiro atoms. The standard InChI is InChI=1S/C19H28N4O3/c20-18(24)17-12-15(9-10-21-17)26-16-8-5-11-23(13-16)19(25)22-14-6-3-1-2-4-7-14/h9-10,12,14,16H,1-8,11,13H2,(H2,20,24)(H,22,25). The Morgan fingerprint density at radius 1 is 1.15 bits per heavy atom. The zero-order valence-electron chi connectivity index (χ0n) is 15.2. The van der Waals surface area contributed by atoms with Gasteiger partial charge in [0.2, 0.25) is 0 Å². The fourth-order valence-corrected chi connectivity index (χ4v) is 3.72. The highest BCUT2D eigenvalue weighted by Gasteiger charge is 2.26. The number of pyridine rings is 1. The molecule has 0 radical (unpaired) electrons. The summed E-state index contributed by atoms with van der Waals surface area (Å²) in [7, 11) is 0. The normalized spacial score (nSPS) is 21.7. The van der Waals surface area contributed by atoms with Crippen molar-refractivity contribution >= 4 is 11.9 Å². The number of hydrogen-bond acceptors (Lipinski definition) is 4. The Balaban J connectivity index is 1.54. The number of nitrogens with one attached hydrogen (secondary N) is 1. The number of amides is 3. The van der Waals surface area contributed by atoms with E-state index in [9.17, 15) is 9.59 Å². The molecule has 1 unspecified atom stereocenters. The molecule has 142 valence electrons. The molecular formula is C19H28N4O3. The summed E-state index contributed by atoms with van der Waals surface area (Å²) in [5.74, 6) is -0.0201. The predicted molar refractivity (Wildman–Crippen MR) is 98.0 cm³/mol. The fourth-order valence-electron chi connectivity index (χ4n) is 3.72. The van der Waals surface area contributed by atoms with E-state index in [4.69, 9.17) is 10.5 Å². The molecule has 1 aromatic rings. The molecule has 2 fully saturated rings. The van der Waals surface area contributed by atoms with Gasteiger partial charge in [-0.3, -0.25) is 9.78 Å². The largest absolute Gasteiger partial charge is 0.488 e. The van der Waals surface area contributed by atoms with Gasteiger partial charge in [-0.2, -0.15) is 0 Å². The van der Waals surface area contributed by atoms with Crippen molar-refractivity contribution in [3.05, 3.63) is 24.0 Å². The molecule has 3 amide bonds. The van der Waals surface area contributed by atoms with Gasteiger partial charge < -0.3 is 20.7 Å². The van der Waals surface area contributed by atoms with Crippen molar-refractivity contribution in [3.8, 4) is 5.75 Å². The summed E-state index contributed by atoms with van der Waals surface area (Å²) in [6, 6.07) is 3.56. The number of likely N-dealkylation sites (tertiary alicyclic amines) is 1. The molecule has 7 nitrogen and oxygen atoms in total. The summed E-state index contributed by atoms with van der Waals surface area (Å²) in [6.45, 7) is 1.30. The Hall–Kier alpha value is -2.31. The average molecular weight is 360 g/mol. The van der Waals surface area contributed by atoms with Crippen molar-refractivity contribution in [1.29, 1.82) is 0 Å². The summed E-state index contributed by atoms with van der Waals surface area (Å²) >= 11 is 0. The predicted octanol–water partition coefficient (Wildman–Crippen LogP) is 2.46. The number of urea groups is 1. The van der Waals surface area contributed by atoms with Gasteiger partial charge in [-0.25, -0.2) is 4.79 Å². The molecule has 2 aliphatic rings. The third kappa shape index (κ3) is 5.09. The van der Waals surface area contributed by atoms with Crippen LogP contribution in [-0.4, -0.2) is 47.1 Å². The van der Waals surface area contributed by atoms with E-state index in [1.165, 1.54) is 31.9 Å². The lowest BCUT2D eigenvalue weighted by Crippen LogP contribution is -2.50. The van der Waals surface area contributed by atoms with Crippen molar-refractivity contribution in [1.82, 2.24) is 15.2 Å². The molecule has 3 rings (SSSR count). The lowest BCUT2D eigenvalue weighted by Gasteiger charge is -2.34. The number of ether oxygens (including phenoxy) is 1. The van der Waals surface area contributed by atoms with Gasteiger partial charge in [0.1, 0.15) is 17.5 Å². The van der Waals surface area contributed by atoms with E-state index in [1.807, 2.05) is 4.90 Å². The second kappa shape index (κ2) is 8.87. The second-order valence-corrected chi connectivity index (χ2v) is 7.21. The number of aromatic nitrogens is 1. The highest BCUT2D eigenvalue weighted by molar-refractivity contribution is 5.91. The Labute approximate surface area is 154 Å². The van der Waals surface area contributed by atoms with Crippen LogP contribution in [-0.2, 0) is 0 Å².